The van der Waals surface area contributed by atoms with Crippen LogP contribution in [0.5, 0.6) is 0 Å². The predicted octanol–water partition coefficient (Wildman–Crippen LogP) is 0.823. The summed E-state index contributed by atoms with van der Waals surface area (Å²) in [7, 11) is 0. The fourth-order valence-corrected chi connectivity index (χ4v) is 0.973. The van der Waals surface area contributed by atoms with Gasteiger partial charge in [-0.1, -0.05) is 12.2 Å². The summed E-state index contributed by atoms with van der Waals surface area (Å²) in [5.74, 6) is 0. The van der Waals surface area contributed by atoms with Crippen molar-refractivity contribution in [3.8, 4) is 0 Å². The third-order valence-electron chi connectivity index (χ3n) is 1.46. The van der Waals surface area contributed by atoms with Crippen molar-refractivity contribution in [2.45, 2.75) is 18.9 Å². The Balaban J connectivity index is 2.84. The number of rotatable bonds is 1. The van der Waals surface area contributed by atoms with Gasteiger partial charge in [0.2, 0.25) is 0 Å². The first-order valence-electron chi connectivity index (χ1n) is 3.21. The fourth-order valence-electron chi connectivity index (χ4n) is 0.973. The molecule has 54 valence electrons. The van der Waals surface area contributed by atoms with Gasteiger partial charge in [0.25, 0.3) is 0 Å². The van der Waals surface area contributed by atoms with Gasteiger partial charge in [0.1, 0.15) is 6.29 Å². The van der Waals surface area contributed by atoms with E-state index in [0.717, 1.165) is 6.29 Å². The lowest BCUT2D eigenvalue weighted by Gasteiger charge is -2.19. The molecule has 1 aliphatic carbocycles. The average Bonchev–Trinajstić information content (AvgIpc) is 1.86. The van der Waals surface area contributed by atoms with Crippen molar-refractivity contribution in [3.63, 3.8) is 0 Å². The van der Waals surface area contributed by atoms with Crippen LogP contribution in [0.15, 0.2) is 23.8 Å². The van der Waals surface area contributed by atoms with Gasteiger partial charge in [0.05, 0.1) is 5.60 Å². The van der Waals surface area contributed by atoms with Gasteiger partial charge in [-0.3, -0.25) is 4.79 Å². The number of carbonyl (C=O) groups is 1. The topological polar surface area (TPSA) is 37.3 Å². The first-order chi connectivity index (χ1) is 4.64. The van der Waals surface area contributed by atoms with E-state index in [0.29, 0.717) is 12.0 Å². The lowest BCUT2D eigenvalue weighted by Crippen LogP contribution is -2.22. The maximum Gasteiger partial charge on any atom is 0.149 e. The normalized spacial score (nSPS) is 31.6. The van der Waals surface area contributed by atoms with Crippen LogP contribution >= 0.6 is 0 Å². The highest BCUT2D eigenvalue weighted by atomic mass is 16.3. The van der Waals surface area contributed by atoms with Gasteiger partial charge in [0.15, 0.2) is 0 Å². The Bertz CT molecular complexity index is 199. The highest BCUT2D eigenvalue weighted by molar-refractivity contribution is 5.78. The molecule has 1 atom stereocenters. The van der Waals surface area contributed by atoms with Gasteiger partial charge in [-0.2, -0.15) is 0 Å². The SMILES string of the molecule is CC1(O)C=C(C=O)C=CC1. The maximum atomic E-state index is 10.2. The summed E-state index contributed by atoms with van der Waals surface area (Å²) >= 11 is 0. The Kier molecular flexibility index (Phi) is 1.72. The number of hydrogen-bond donors (Lipinski definition) is 1. The van der Waals surface area contributed by atoms with Crippen molar-refractivity contribution >= 4 is 6.29 Å². The van der Waals surface area contributed by atoms with Gasteiger partial charge in [-0.25, -0.2) is 0 Å². The molecule has 0 bridgehead atoms. The molecule has 0 radical (unpaired) electrons. The molecule has 1 unspecified atom stereocenters. The lowest BCUT2D eigenvalue weighted by molar-refractivity contribution is -0.104. The van der Waals surface area contributed by atoms with Crippen LogP contribution in [-0.4, -0.2) is 17.0 Å². The number of aldehydes is 1. The van der Waals surface area contributed by atoms with Gasteiger partial charge in [-0.15, -0.1) is 0 Å². The molecule has 2 heteroatoms. The van der Waals surface area contributed by atoms with E-state index in [2.05, 4.69) is 0 Å². The summed E-state index contributed by atoms with van der Waals surface area (Å²) < 4.78 is 0. The fraction of sp³-hybridized carbons (Fsp3) is 0.375. The van der Waals surface area contributed by atoms with Crippen molar-refractivity contribution < 1.29 is 9.90 Å². The van der Waals surface area contributed by atoms with Crippen LogP contribution in [0.1, 0.15) is 13.3 Å². The second kappa shape index (κ2) is 2.39. The van der Waals surface area contributed by atoms with E-state index in [1.54, 1.807) is 25.2 Å². The first-order valence-corrected chi connectivity index (χ1v) is 3.21. The Hall–Kier alpha value is -0.890. The van der Waals surface area contributed by atoms with Gasteiger partial charge in [-0.05, 0) is 19.4 Å². The Morgan fingerprint density at radius 2 is 2.50 bits per heavy atom. The highest BCUT2D eigenvalue weighted by Crippen LogP contribution is 2.18. The van der Waals surface area contributed by atoms with E-state index in [1.165, 1.54) is 0 Å². The van der Waals surface area contributed by atoms with Crippen LogP contribution in [0, 0.1) is 0 Å². The molecule has 0 aromatic carbocycles. The Labute approximate surface area is 59.9 Å². The molecule has 0 amide bonds. The van der Waals surface area contributed by atoms with Gasteiger partial charge in [0, 0.05) is 5.57 Å². The van der Waals surface area contributed by atoms with Crippen molar-refractivity contribution in [1.82, 2.24) is 0 Å². The zero-order valence-electron chi connectivity index (χ0n) is 5.87. The maximum absolute atomic E-state index is 10.2. The molecular formula is C8H10O2. The monoisotopic (exact) mass is 138 g/mol. The number of allylic oxidation sites excluding steroid dienone is 2. The third-order valence-corrected chi connectivity index (χ3v) is 1.46. The molecule has 1 N–H and O–H groups in total. The molecule has 0 fully saturated rings. The van der Waals surface area contributed by atoms with Crippen LogP contribution in [0.2, 0.25) is 0 Å². The average molecular weight is 138 g/mol. The summed E-state index contributed by atoms with van der Waals surface area (Å²) in [6.07, 6.45) is 6.41. The summed E-state index contributed by atoms with van der Waals surface area (Å²) in [6, 6.07) is 0. The van der Waals surface area contributed by atoms with Crippen molar-refractivity contribution in [2.75, 3.05) is 0 Å². The molecule has 0 aliphatic heterocycles. The molecule has 0 spiro atoms. The molecule has 0 aromatic rings. The summed E-state index contributed by atoms with van der Waals surface area (Å²) in [4.78, 5) is 10.2. The third kappa shape index (κ3) is 1.54. The Morgan fingerprint density at radius 3 is 2.90 bits per heavy atom. The van der Waals surface area contributed by atoms with Crippen molar-refractivity contribution in [2.24, 2.45) is 0 Å². The van der Waals surface area contributed by atoms with E-state index in [-0.39, 0.29) is 0 Å². The number of aliphatic hydroxyl groups is 1. The van der Waals surface area contributed by atoms with Gasteiger partial charge >= 0.3 is 0 Å². The molecule has 1 aliphatic rings. The summed E-state index contributed by atoms with van der Waals surface area (Å²) in [5.41, 5.74) is -0.276. The quantitative estimate of drug-likeness (QED) is 0.545. The van der Waals surface area contributed by atoms with Crippen molar-refractivity contribution in [1.29, 1.82) is 0 Å². The summed E-state index contributed by atoms with van der Waals surface area (Å²) in [6.45, 7) is 1.68. The first kappa shape index (κ1) is 7.22. The highest BCUT2D eigenvalue weighted by Gasteiger charge is 2.18. The smallest absolute Gasteiger partial charge is 0.149 e. The zero-order valence-corrected chi connectivity index (χ0v) is 5.87. The van der Waals surface area contributed by atoms with E-state index < -0.39 is 5.60 Å². The largest absolute Gasteiger partial charge is 0.386 e. The van der Waals surface area contributed by atoms with Crippen LogP contribution in [0.25, 0.3) is 0 Å². The molecule has 0 heterocycles. The standard InChI is InChI=1S/C8H10O2/c1-8(10)4-2-3-7(5-8)6-9/h2-3,5-6,10H,4H2,1H3. The second-order valence-corrected chi connectivity index (χ2v) is 2.73. The molecular weight excluding hydrogens is 128 g/mol. The predicted molar refractivity (Wildman–Crippen MR) is 38.5 cm³/mol. The van der Waals surface area contributed by atoms with E-state index in [9.17, 15) is 9.90 Å². The number of carbonyl (C=O) groups excluding carboxylic acids is 1. The van der Waals surface area contributed by atoms with Crippen molar-refractivity contribution in [3.05, 3.63) is 23.8 Å². The number of hydrogen-bond acceptors (Lipinski definition) is 2. The zero-order chi connectivity index (χ0) is 7.61. The molecule has 2 nitrogen and oxygen atoms in total. The van der Waals surface area contributed by atoms with E-state index >= 15 is 0 Å². The molecule has 0 saturated carbocycles. The van der Waals surface area contributed by atoms with Gasteiger partial charge < -0.3 is 5.11 Å². The van der Waals surface area contributed by atoms with Crippen LogP contribution in [-0.2, 0) is 4.79 Å². The molecule has 1 rings (SSSR count). The minimum absolute atomic E-state index is 0.552. The second-order valence-electron chi connectivity index (χ2n) is 2.73. The summed E-state index contributed by atoms with van der Waals surface area (Å²) in [5, 5.41) is 9.39. The minimum Gasteiger partial charge on any atom is -0.386 e. The van der Waals surface area contributed by atoms with E-state index in [1.807, 2.05) is 0 Å². The molecule has 0 saturated heterocycles. The van der Waals surface area contributed by atoms with E-state index in [4.69, 9.17) is 0 Å². The lowest BCUT2D eigenvalue weighted by atomic mass is 9.94. The van der Waals surface area contributed by atoms with Crippen LogP contribution in [0.4, 0.5) is 0 Å². The Morgan fingerprint density at radius 1 is 1.80 bits per heavy atom. The molecule has 0 aromatic heterocycles. The van der Waals surface area contributed by atoms with Crippen LogP contribution in [0.3, 0.4) is 0 Å². The van der Waals surface area contributed by atoms with Crippen LogP contribution < -0.4 is 0 Å². The molecule has 10 heavy (non-hydrogen) atoms. The minimum atomic E-state index is -0.828.